The van der Waals surface area contributed by atoms with Gasteiger partial charge in [0.15, 0.2) is 0 Å². The Bertz CT molecular complexity index is 564. The van der Waals surface area contributed by atoms with E-state index in [0.717, 1.165) is 28.7 Å². The van der Waals surface area contributed by atoms with Crippen molar-refractivity contribution in [3.63, 3.8) is 0 Å². The van der Waals surface area contributed by atoms with E-state index in [1.54, 1.807) is 0 Å². The van der Waals surface area contributed by atoms with Crippen molar-refractivity contribution in [3.8, 4) is 11.1 Å². The number of halogens is 1. The van der Waals surface area contributed by atoms with Crippen molar-refractivity contribution in [2.24, 2.45) is 0 Å². The molecule has 1 aromatic carbocycles. The highest BCUT2D eigenvalue weighted by atomic mass is 79.9. The Morgan fingerprint density at radius 1 is 1.25 bits per heavy atom. The highest BCUT2D eigenvalue weighted by Crippen LogP contribution is 2.26. The van der Waals surface area contributed by atoms with Crippen LogP contribution in [0.2, 0.25) is 0 Å². The first kappa shape index (κ1) is 13.5. The van der Waals surface area contributed by atoms with Crippen LogP contribution >= 0.6 is 15.9 Å². The second-order valence-electron chi connectivity index (χ2n) is 4.95. The van der Waals surface area contributed by atoms with Crippen LogP contribution in [0.25, 0.3) is 11.1 Å². The molecule has 0 radical (unpaired) electrons. The summed E-state index contributed by atoms with van der Waals surface area (Å²) in [6.07, 6.45) is 6.20. The second kappa shape index (κ2) is 6.33. The number of anilines is 1. The summed E-state index contributed by atoms with van der Waals surface area (Å²) in [5.41, 5.74) is 2.12. The van der Waals surface area contributed by atoms with Crippen LogP contribution in [0.5, 0.6) is 0 Å². The molecule has 0 spiro atoms. The Hall–Kier alpha value is -1.46. The van der Waals surface area contributed by atoms with Crippen LogP contribution < -0.4 is 10.6 Å². The van der Waals surface area contributed by atoms with Crippen molar-refractivity contribution in [2.75, 3.05) is 18.4 Å². The van der Waals surface area contributed by atoms with Crippen LogP contribution in [0.15, 0.2) is 41.1 Å². The zero-order valence-corrected chi connectivity index (χ0v) is 12.7. The third-order valence-corrected chi connectivity index (χ3v) is 4.20. The molecule has 1 aliphatic rings. The lowest BCUT2D eigenvalue weighted by Crippen LogP contribution is -2.29. The molecule has 1 fully saturated rings. The smallest absolute Gasteiger partial charge is 0.222 e. The summed E-state index contributed by atoms with van der Waals surface area (Å²) in [6.45, 7) is 2.00. The maximum absolute atomic E-state index is 4.39. The van der Waals surface area contributed by atoms with Gasteiger partial charge in [-0.25, -0.2) is 9.97 Å². The summed E-state index contributed by atoms with van der Waals surface area (Å²) in [4.78, 5) is 8.77. The van der Waals surface area contributed by atoms with Gasteiger partial charge in [-0.15, -0.1) is 0 Å². The molecule has 2 N–H and O–H groups in total. The van der Waals surface area contributed by atoms with Gasteiger partial charge in [0.25, 0.3) is 0 Å². The molecule has 1 aliphatic heterocycles. The van der Waals surface area contributed by atoms with E-state index in [1.807, 2.05) is 30.6 Å². The quantitative estimate of drug-likeness (QED) is 0.903. The predicted octanol–water partition coefficient (Wildman–Crippen LogP) is 3.07. The summed E-state index contributed by atoms with van der Waals surface area (Å²) in [6, 6.07) is 8.63. The molecule has 0 saturated carbocycles. The standard InChI is InChI=1S/C15H17BrN4/c16-14-6-2-1-5-13(14)11-8-18-15(19-9-11)20-10-12-4-3-7-17-12/h1-2,5-6,8-9,12,17H,3-4,7,10H2,(H,18,19,20). The van der Waals surface area contributed by atoms with Gasteiger partial charge in [-0.2, -0.15) is 0 Å². The van der Waals surface area contributed by atoms with Crippen molar-refractivity contribution >= 4 is 21.9 Å². The summed E-state index contributed by atoms with van der Waals surface area (Å²) in [5, 5.41) is 6.73. The van der Waals surface area contributed by atoms with Gasteiger partial charge in [-0.05, 0) is 31.0 Å². The third kappa shape index (κ3) is 3.16. The molecule has 104 valence electrons. The van der Waals surface area contributed by atoms with E-state index in [2.05, 4.69) is 42.6 Å². The van der Waals surface area contributed by atoms with Crippen LogP contribution in [-0.2, 0) is 0 Å². The summed E-state index contributed by atoms with van der Waals surface area (Å²) < 4.78 is 1.06. The lowest BCUT2D eigenvalue weighted by atomic mass is 10.1. The maximum Gasteiger partial charge on any atom is 0.222 e. The summed E-state index contributed by atoms with van der Waals surface area (Å²) in [7, 11) is 0. The molecule has 1 saturated heterocycles. The highest BCUT2D eigenvalue weighted by Gasteiger charge is 2.13. The normalized spacial score (nSPS) is 18.1. The molecule has 1 unspecified atom stereocenters. The van der Waals surface area contributed by atoms with Gasteiger partial charge in [0.1, 0.15) is 0 Å². The number of nitrogens with zero attached hydrogens (tertiary/aromatic N) is 2. The molecule has 0 bridgehead atoms. The van der Waals surface area contributed by atoms with Crippen LogP contribution in [-0.4, -0.2) is 29.1 Å². The molecule has 0 amide bonds. The lowest BCUT2D eigenvalue weighted by Gasteiger charge is -2.11. The highest BCUT2D eigenvalue weighted by molar-refractivity contribution is 9.10. The van der Waals surface area contributed by atoms with Gasteiger partial charge < -0.3 is 10.6 Å². The van der Waals surface area contributed by atoms with Gasteiger partial charge in [0.2, 0.25) is 5.95 Å². The zero-order valence-electron chi connectivity index (χ0n) is 11.1. The molecule has 1 atom stereocenters. The number of benzene rings is 1. The number of rotatable bonds is 4. The van der Waals surface area contributed by atoms with Gasteiger partial charge >= 0.3 is 0 Å². The average molecular weight is 333 g/mol. The van der Waals surface area contributed by atoms with Crippen LogP contribution in [0.1, 0.15) is 12.8 Å². The molecule has 5 heteroatoms. The Balaban J connectivity index is 1.66. The van der Waals surface area contributed by atoms with Crippen LogP contribution in [0.3, 0.4) is 0 Å². The van der Waals surface area contributed by atoms with E-state index in [4.69, 9.17) is 0 Å². The van der Waals surface area contributed by atoms with Crippen molar-refractivity contribution in [3.05, 3.63) is 41.1 Å². The van der Waals surface area contributed by atoms with Crippen LogP contribution in [0.4, 0.5) is 5.95 Å². The Morgan fingerprint density at radius 3 is 2.75 bits per heavy atom. The lowest BCUT2D eigenvalue weighted by molar-refractivity contribution is 0.631. The van der Waals surface area contributed by atoms with E-state index >= 15 is 0 Å². The largest absolute Gasteiger partial charge is 0.353 e. The van der Waals surface area contributed by atoms with E-state index in [-0.39, 0.29) is 0 Å². The minimum atomic E-state index is 0.543. The van der Waals surface area contributed by atoms with Gasteiger partial charge in [-0.1, -0.05) is 34.1 Å². The minimum Gasteiger partial charge on any atom is -0.353 e. The molecule has 3 rings (SSSR count). The molecule has 2 heterocycles. The fraction of sp³-hybridized carbons (Fsp3) is 0.333. The molecule has 2 aromatic rings. The fourth-order valence-corrected chi connectivity index (χ4v) is 2.91. The van der Waals surface area contributed by atoms with E-state index in [0.29, 0.717) is 12.0 Å². The molecule has 20 heavy (non-hydrogen) atoms. The monoisotopic (exact) mass is 332 g/mol. The number of aromatic nitrogens is 2. The molecule has 4 nitrogen and oxygen atoms in total. The third-order valence-electron chi connectivity index (χ3n) is 3.51. The predicted molar refractivity (Wildman–Crippen MR) is 84.7 cm³/mol. The van der Waals surface area contributed by atoms with E-state index in [9.17, 15) is 0 Å². The zero-order chi connectivity index (χ0) is 13.8. The Kier molecular flexibility index (Phi) is 4.28. The van der Waals surface area contributed by atoms with E-state index < -0.39 is 0 Å². The summed E-state index contributed by atoms with van der Waals surface area (Å²) in [5.74, 6) is 0.689. The Labute approximate surface area is 127 Å². The topological polar surface area (TPSA) is 49.8 Å². The first-order valence-corrected chi connectivity index (χ1v) is 7.66. The fourth-order valence-electron chi connectivity index (χ4n) is 2.40. The van der Waals surface area contributed by atoms with Crippen molar-refractivity contribution in [1.82, 2.24) is 15.3 Å². The van der Waals surface area contributed by atoms with Crippen molar-refractivity contribution in [2.45, 2.75) is 18.9 Å². The number of nitrogens with one attached hydrogen (secondary N) is 2. The average Bonchev–Trinajstić information content (AvgIpc) is 3.00. The maximum atomic E-state index is 4.39. The van der Waals surface area contributed by atoms with Crippen molar-refractivity contribution < 1.29 is 0 Å². The molecule has 1 aromatic heterocycles. The Morgan fingerprint density at radius 2 is 2.05 bits per heavy atom. The second-order valence-corrected chi connectivity index (χ2v) is 5.80. The SMILES string of the molecule is Brc1ccccc1-c1cnc(NCC2CCCN2)nc1. The summed E-state index contributed by atoms with van der Waals surface area (Å²) >= 11 is 3.55. The number of hydrogen-bond acceptors (Lipinski definition) is 4. The first-order valence-electron chi connectivity index (χ1n) is 6.87. The number of hydrogen-bond donors (Lipinski definition) is 2. The van der Waals surface area contributed by atoms with Crippen molar-refractivity contribution in [1.29, 1.82) is 0 Å². The van der Waals surface area contributed by atoms with E-state index in [1.165, 1.54) is 12.8 Å². The van der Waals surface area contributed by atoms with Crippen LogP contribution in [0, 0.1) is 0 Å². The molecule has 0 aliphatic carbocycles. The first-order chi connectivity index (χ1) is 9.83. The van der Waals surface area contributed by atoms with Gasteiger partial charge in [0.05, 0.1) is 0 Å². The minimum absolute atomic E-state index is 0.543. The molecular weight excluding hydrogens is 316 g/mol. The molecular formula is C15H17BrN4. The van der Waals surface area contributed by atoms with Gasteiger partial charge in [-0.3, -0.25) is 0 Å². The van der Waals surface area contributed by atoms with Gasteiger partial charge in [0, 0.05) is 35.0 Å².